The molecule has 0 unspecified atom stereocenters. The fourth-order valence-corrected chi connectivity index (χ4v) is 2.87. The van der Waals surface area contributed by atoms with E-state index in [1.807, 2.05) is 12.1 Å². The van der Waals surface area contributed by atoms with Crippen LogP contribution in [0.1, 0.15) is 0 Å². The summed E-state index contributed by atoms with van der Waals surface area (Å²) in [7, 11) is 2.09. The molecule has 2 aromatic heterocycles. The van der Waals surface area contributed by atoms with Gasteiger partial charge in [0.2, 0.25) is 5.28 Å². The first-order valence-corrected chi connectivity index (χ1v) is 7.06. The molecule has 3 heterocycles. The van der Waals surface area contributed by atoms with Gasteiger partial charge in [-0.05, 0) is 23.7 Å². The van der Waals surface area contributed by atoms with Crippen LogP contribution >= 0.6 is 11.6 Å². The number of nitrogens with one attached hydrogen (secondary N) is 1. The summed E-state index contributed by atoms with van der Waals surface area (Å²) in [6, 6.07) is 8.26. The number of fused-ring (bicyclic) bond motifs is 2. The third kappa shape index (κ3) is 1.91. The first-order valence-electron chi connectivity index (χ1n) is 6.68. The molecule has 1 N–H and O–H groups in total. The van der Waals surface area contributed by atoms with Gasteiger partial charge < -0.3 is 14.8 Å². The lowest BCUT2D eigenvalue weighted by atomic mass is 10.1. The van der Waals surface area contributed by atoms with Crippen LogP contribution in [0.15, 0.2) is 30.6 Å². The molecule has 6 nitrogen and oxygen atoms in total. The smallest absolute Gasteiger partial charge is 0.226 e. The van der Waals surface area contributed by atoms with E-state index in [2.05, 4.69) is 48.9 Å². The quantitative estimate of drug-likeness (QED) is 0.700. The molecule has 106 valence electrons. The van der Waals surface area contributed by atoms with Gasteiger partial charge in [-0.3, -0.25) is 0 Å². The third-order valence-corrected chi connectivity index (χ3v) is 3.91. The van der Waals surface area contributed by atoms with Crippen molar-refractivity contribution in [3.05, 3.63) is 35.9 Å². The molecule has 3 aromatic rings. The van der Waals surface area contributed by atoms with E-state index >= 15 is 0 Å². The van der Waals surface area contributed by atoms with Gasteiger partial charge in [0.05, 0.1) is 17.7 Å². The molecule has 0 radical (unpaired) electrons. The summed E-state index contributed by atoms with van der Waals surface area (Å²) >= 11 is 6.04. The second-order valence-electron chi connectivity index (χ2n) is 4.98. The highest BCUT2D eigenvalue weighted by Crippen LogP contribution is 2.38. The van der Waals surface area contributed by atoms with Gasteiger partial charge in [-0.2, -0.15) is 9.97 Å². The first kappa shape index (κ1) is 12.4. The lowest BCUT2D eigenvalue weighted by molar-refractivity contribution is 0.814. The van der Waals surface area contributed by atoms with Crippen LogP contribution in [-0.4, -0.2) is 40.1 Å². The van der Waals surface area contributed by atoms with Crippen LogP contribution in [-0.2, 0) is 0 Å². The first-order chi connectivity index (χ1) is 10.2. The largest absolute Gasteiger partial charge is 0.371 e. The molecular weight excluding hydrogens is 288 g/mol. The number of aromatic nitrogens is 4. The Balaban J connectivity index is 1.94. The van der Waals surface area contributed by atoms with Crippen molar-refractivity contribution in [3.8, 4) is 0 Å². The number of imidazole rings is 1. The maximum absolute atomic E-state index is 6.04. The van der Waals surface area contributed by atoms with E-state index in [-0.39, 0.29) is 5.28 Å². The number of H-pyrrole nitrogens is 1. The minimum atomic E-state index is 0.209. The predicted molar refractivity (Wildman–Crippen MR) is 83.4 cm³/mol. The SMILES string of the molecule is CN1CCN(c2nc(Cl)nc3nc[nH]c23)c2ccccc21. The Kier molecular flexibility index (Phi) is 2.71. The summed E-state index contributed by atoms with van der Waals surface area (Å²) in [5.41, 5.74) is 3.67. The lowest BCUT2D eigenvalue weighted by Gasteiger charge is -2.36. The van der Waals surface area contributed by atoms with E-state index in [0.717, 1.165) is 30.1 Å². The van der Waals surface area contributed by atoms with Crippen molar-refractivity contribution in [2.24, 2.45) is 0 Å². The Morgan fingerprint density at radius 1 is 1.14 bits per heavy atom. The number of halogens is 1. The Morgan fingerprint density at radius 2 is 1.95 bits per heavy atom. The van der Waals surface area contributed by atoms with E-state index in [1.54, 1.807) is 6.33 Å². The molecule has 4 rings (SSSR count). The van der Waals surface area contributed by atoms with E-state index in [1.165, 1.54) is 5.69 Å². The fraction of sp³-hybridized carbons (Fsp3) is 0.214. The van der Waals surface area contributed by atoms with Crippen LogP contribution in [0, 0.1) is 0 Å². The van der Waals surface area contributed by atoms with E-state index in [0.29, 0.717) is 5.65 Å². The van der Waals surface area contributed by atoms with Gasteiger partial charge in [0.1, 0.15) is 5.52 Å². The van der Waals surface area contributed by atoms with Gasteiger partial charge in [0.15, 0.2) is 11.5 Å². The zero-order valence-corrected chi connectivity index (χ0v) is 12.2. The van der Waals surface area contributed by atoms with Crippen LogP contribution < -0.4 is 9.80 Å². The Morgan fingerprint density at radius 3 is 2.81 bits per heavy atom. The molecule has 0 amide bonds. The predicted octanol–water partition coefficient (Wildman–Crippen LogP) is 2.59. The number of rotatable bonds is 1. The molecule has 21 heavy (non-hydrogen) atoms. The Bertz CT molecular complexity index is 814. The number of hydrogen-bond acceptors (Lipinski definition) is 5. The van der Waals surface area contributed by atoms with Crippen molar-refractivity contribution in [3.63, 3.8) is 0 Å². The average molecular weight is 301 g/mol. The summed E-state index contributed by atoms with van der Waals surface area (Å²) in [6.07, 6.45) is 1.61. The molecule has 1 aliphatic rings. The Hall–Kier alpha value is -2.34. The summed E-state index contributed by atoms with van der Waals surface area (Å²) in [5, 5.41) is 0.209. The van der Waals surface area contributed by atoms with Crippen LogP contribution in [0.5, 0.6) is 0 Å². The van der Waals surface area contributed by atoms with Gasteiger partial charge in [0.25, 0.3) is 0 Å². The van der Waals surface area contributed by atoms with Crippen molar-refractivity contribution in [2.45, 2.75) is 0 Å². The number of hydrogen-bond donors (Lipinski definition) is 1. The van der Waals surface area contributed by atoms with Gasteiger partial charge in [-0.15, -0.1) is 0 Å². The minimum Gasteiger partial charge on any atom is -0.371 e. The summed E-state index contributed by atoms with van der Waals surface area (Å²) in [6.45, 7) is 1.74. The van der Waals surface area contributed by atoms with Crippen molar-refractivity contribution in [1.82, 2.24) is 19.9 Å². The summed E-state index contributed by atoms with van der Waals surface area (Å²) in [5.74, 6) is 0.767. The molecule has 7 heteroatoms. The second kappa shape index (κ2) is 4.60. The topological polar surface area (TPSA) is 60.9 Å². The van der Waals surface area contributed by atoms with Gasteiger partial charge in [-0.1, -0.05) is 12.1 Å². The van der Waals surface area contributed by atoms with Gasteiger partial charge >= 0.3 is 0 Å². The van der Waals surface area contributed by atoms with Crippen LogP contribution in [0.3, 0.4) is 0 Å². The molecule has 0 saturated carbocycles. The maximum Gasteiger partial charge on any atom is 0.226 e. The molecular formula is C14H13ClN6. The monoisotopic (exact) mass is 300 g/mol. The number of para-hydroxylation sites is 2. The number of likely N-dealkylation sites (N-methyl/N-ethyl adjacent to an activating group) is 1. The number of anilines is 3. The zero-order valence-electron chi connectivity index (χ0n) is 11.4. The standard InChI is InChI=1S/C14H13ClN6/c1-20-6-7-21(10-5-3-2-4-9(10)20)13-11-12(17-8-16-11)18-14(15)19-13/h2-5,8H,6-7H2,1H3,(H,16,17,18,19). The summed E-state index contributed by atoms with van der Waals surface area (Å²) in [4.78, 5) is 20.2. The normalized spacial score (nSPS) is 14.6. The fourth-order valence-electron chi connectivity index (χ4n) is 2.71. The molecule has 0 spiro atoms. The van der Waals surface area contributed by atoms with Crippen molar-refractivity contribution >= 4 is 40.0 Å². The minimum absolute atomic E-state index is 0.209. The highest BCUT2D eigenvalue weighted by molar-refractivity contribution is 6.28. The van der Waals surface area contributed by atoms with E-state index in [4.69, 9.17) is 11.6 Å². The molecule has 0 bridgehead atoms. The summed E-state index contributed by atoms with van der Waals surface area (Å²) < 4.78 is 0. The average Bonchev–Trinajstić information content (AvgIpc) is 2.95. The molecule has 0 aliphatic carbocycles. The lowest BCUT2D eigenvalue weighted by Crippen LogP contribution is -2.37. The zero-order chi connectivity index (χ0) is 14.4. The molecule has 0 saturated heterocycles. The number of benzene rings is 1. The van der Waals surface area contributed by atoms with Crippen molar-refractivity contribution in [2.75, 3.05) is 29.9 Å². The molecule has 1 aliphatic heterocycles. The molecule has 0 fully saturated rings. The number of nitrogens with zero attached hydrogens (tertiary/aromatic N) is 5. The van der Waals surface area contributed by atoms with Crippen LogP contribution in [0.25, 0.3) is 11.2 Å². The van der Waals surface area contributed by atoms with Crippen molar-refractivity contribution in [1.29, 1.82) is 0 Å². The highest BCUT2D eigenvalue weighted by atomic mass is 35.5. The van der Waals surface area contributed by atoms with Crippen LogP contribution in [0.4, 0.5) is 17.2 Å². The second-order valence-corrected chi connectivity index (χ2v) is 5.32. The third-order valence-electron chi connectivity index (χ3n) is 3.74. The molecule has 0 atom stereocenters. The van der Waals surface area contributed by atoms with Crippen LogP contribution in [0.2, 0.25) is 5.28 Å². The van der Waals surface area contributed by atoms with Gasteiger partial charge in [0, 0.05) is 20.1 Å². The van der Waals surface area contributed by atoms with Gasteiger partial charge in [-0.25, -0.2) is 4.98 Å². The number of aromatic amines is 1. The highest BCUT2D eigenvalue weighted by Gasteiger charge is 2.24. The Labute approximate surface area is 126 Å². The molecule has 1 aromatic carbocycles. The van der Waals surface area contributed by atoms with Crippen molar-refractivity contribution < 1.29 is 0 Å². The maximum atomic E-state index is 6.04. The van der Waals surface area contributed by atoms with E-state index < -0.39 is 0 Å². The van der Waals surface area contributed by atoms with E-state index in [9.17, 15) is 0 Å².